The van der Waals surface area contributed by atoms with Crippen LogP contribution in [0.4, 0.5) is 0 Å². The van der Waals surface area contributed by atoms with E-state index in [2.05, 4.69) is 6.07 Å². The first-order chi connectivity index (χ1) is 11.6. The molecule has 0 radical (unpaired) electrons. The van der Waals surface area contributed by atoms with Gasteiger partial charge in [0.1, 0.15) is 5.75 Å². The van der Waals surface area contributed by atoms with E-state index < -0.39 is 10.0 Å². The maximum atomic E-state index is 12.8. The maximum Gasteiger partial charge on any atom is 0.214 e. The molecule has 2 heterocycles. The van der Waals surface area contributed by atoms with Gasteiger partial charge in [0.05, 0.1) is 25.6 Å². The fraction of sp³-hybridized carbons (Fsp3) is 0.667. The number of hydrogen-bond donors (Lipinski definition) is 0. The van der Waals surface area contributed by atoms with Gasteiger partial charge in [-0.25, -0.2) is 8.42 Å². The second-order valence-electron chi connectivity index (χ2n) is 7.35. The van der Waals surface area contributed by atoms with Crippen molar-refractivity contribution in [3.05, 3.63) is 29.3 Å². The zero-order valence-corrected chi connectivity index (χ0v) is 14.8. The fourth-order valence-corrected chi connectivity index (χ4v) is 5.52. The first kappa shape index (κ1) is 16.4. The van der Waals surface area contributed by atoms with E-state index in [0.29, 0.717) is 32.7 Å². The zero-order chi connectivity index (χ0) is 16.6. The van der Waals surface area contributed by atoms with E-state index >= 15 is 0 Å². The molecule has 0 N–H and O–H groups in total. The van der Waals surface area contributed by atoms with Crippen LogP contribution < -0.4 is 4.74 Å². The Bertz CT molecular complexity index is 712. The van der Waals surface area contributed by atoms with Crippen molar-refractivity contribution in [3.8, 4) is 5.75 Å². The van der Waals surface area contributed by atoms with E-state index in [1.807, 2.05) is 12.1 Å². The van der Waals surface area contributed by atoms with Gasteiger partial charge in [0, 0.05) is 24.9 Å². The number of fused-ring (bicyclic) bond motifs is 1. The van der Waals surface area contributed by atoms with Gasteiger partial charge in [-0.05, 0) is 36.5 Å². The molecule has 0 bridgehead atoms. The number of ether oxygens (including phenoxy) is 2. The SMILES string of the molecule is O=S(=O)(CCc1ccc2c(c1)CCO2)N1CCOCC2(CCC2)C1. The molecule has 3 aliphatic rings. The standard InChI is InChI=1S/C18H25NO4S/c20-24(21,19-8-10-22-14-18(13-19)6-1-7-18)11-5-15-2-3-17-16(12-15)4-9-23-17/h2-3,12H,1,4-11,13-14H2. The summed E-state index contributed by atoms with van der Waals surface area (Å²) in [5.74, 6) is 1.11. The van der Waals surface area contributed by atoms with E-state index in [1.165, 1.54) is 12.0 Å². The van der Waals surface area contributed by atoms with Crippen molar-refractivity contribution in [2.24, 2.45) is 5.41 Å². The molecule has 5 nitrogen and oxygen atoms in total. The molecule has 0 amide bonds. The molecule has 1 aliphatic carbocycles. The molecule has 0 aromatic heterocycles. The third-order valence-corrected chi connectivity index (χ3v) is 7.43. The molecule has 1 saturated heterocycles. The van der Waals surface area contributed by atoms with E-state index in [0.717, 1.165) is 37.2 Å². The number of rotatable bonds is 4. The topological polar surface area (TPSA) is 55.8 Å². The average molecular weight is 351 g/mol. The van der Waals surface area contributed by atoms with Crippen LogP contribution in [-0.4, -0.2) is 51.4 Å². The smallest absolute Gasteiger partial charge is 0.214 e. The zero-order valence-electron chi connectivity index (χ0n) is 14.0. The molecular formula is C18H25NO4S. The molecule has 0 unspecified atom stereocenters. The molecule has 132 valence electrons. The van der Waals surface area contributed by atoms with Crippen molar-refractivity contribution in [1.82, 2.24) is 4.31 Å². The minimum absolute atomic E-state index is 0.0779. The Morgan fingerprint density at radius 1 is 1.21 bits per heavy atom. The van der Waals surface area contributed by atoms with Crippen molar-refractivity contribution >= 4 is 10.0 Å². The van der Waals surface area contributed by atoms with Gasteiger partial charge in [-0.2, -0.15) is 4.31 Å². The van der Waals surface area contributed by atoms with E-state index in [9.17, 15) is 8.42 Å². The van der Waals surface area contributed by atoms with Crippen LogP contribution in [-0.2, 0) is 27.6 Å². The minimum atomic E-state index is -3.24. The Morgan fingerprint density at radius 2 is 2.08 bits per heavy atom. The summed E-state index contributed by atoms with van der Waals surface area (Å²) >= 11 is 0. The van der Waals surface area contributed by atoms with Crippen LogP contribution in [0.15, 0.2) is 18.2 Å². The highest BCUT2D eigenvalue weighted by atomic mass is 32.2. The predicted octanol–water partition coefficient (Wildman–Crippen LogP) is 2.00. The van der Waals surface area contributed by atoms with Crippen LogP contribution >= 0.6 is 0 Å². The Kier molecular flexibility index (Phi) is 4.31. The van der Waals surface area contributed by atoms with E-state index in [4.69, 9.17) is 9.47 Å². The monoisotopic (exact) mass is 351 g/mol. The van der Waals surface area contributed by atoms with Crippen LogP contribution in [0.2, 0.25) is 0 Å². The summed E-state index contributed by atoms with van der Waals surface area (Å²) in [6.45, 7) is 3.07. The van der Waals surface area contributed by atoms with Crippen LogP contribution in [0.1, 0.15) is 30.4 Å². The Hall–Kier alpha value is -1.11. The Balaban J connectivity index is 1.43. The quantitative estimate of drug-likeness (QED) is 0.833. The van der Waals surface area contributed by atoms with Gasteiger partial charge in [-0.15, -0.1) is 0 Å². The maximum absolute atomic E-state index is 12.8. The lowest BCUT2D eigenvalue weighted by molar-refractivity contribution is 0.0146. The van der Waals surface area contributed by atoms with Crippen LogP contribution in [0, 0.1) is 5.41 Å². The number of hydrogen-bond acceptors (Lipinski definition) is 4. The first-order valence-corrected chi connectivity index (χ1v) is 10.5. The second kappa shape index (κ2) is 6.32. The van der Waals surface area contributed by atoms with Crippen LogP contribution in [0.3, 0.4) is 0 Å². The molecule has 1 aromatic rings. The van der Waals surface area contributed by atoms with Crippen molar-refractivity contribution in [3.63, 3.8) is 0 Å². The van der Waals surface area contributed by atoms with Gasteiger partial charge in [0.25, 0.3) is 0 Å². The Labute approximate surface area is 144 Å². The summed E-state index contributed by atoms with van der Waals surface area (Å²) in [6.07, 6.45) is 4.84. The van der Waals surface area contributed by atoms with E-state index in [1.54, 1.807) is 4.31 Å². The fourth-order valence-electron chi connectivity index (χ4n) is 3.94. The highest BCUT2D eigenvalue weighted by Crippen LogP contribution is 2.43. The molecule has 2 fully saturated rings. The molecule has 1 aromatic carbocycles. The third-order valence-electron chi connectivity index (χ3n) is 5.62. The van der Waals surface area contributed by atoms with Gasteiger partial charge in [-0.3, -0.25) is 0 Å². The summed E-state index contributed by atoms with van der Waals surface area (Å²) in [5, 5.41) is 0. The molecule has 1 spiro atoms. The lowest BCUT2D eigenvalue weighted by Crippen LogP contribution is -2.46. The Morgan fingerprint density at radius 3 is 2.88 bits per heavy atom. The van der Waals surface area contributed by atoms with Crippen molar-refractivity contribution in [1.29, 1.82) is 0 Å². The van der Waals surface area contributed by atoms with Crippen molar-refractivity contribution in [2.75, 3.05) is 38.7 Å². The normalized spacial score (nSPS) is 23.3. The molecule has 6 heteroatoms. The number of nitrogens with zero attached hydrogens (tertiary/aromatic N) is 1. The van der Waals surface area contributed by atoms with Gasteiger partial charge >= 0.3 is 0 Å². The summed E-state index contributed by atoms with van der Waals surface area (Å²) in [4.78, 5) is 0. The molecule has 0 atom stereocenters. The summed E-state index contributed by atoms with van der Waals surface area (Å²) in [6, 6.07) is 6.04. The molecule has 4 rings (SSSR count). The second-order valence-corrected chi connectivity index (χ2v) is 9.43. The van der Waals surface area contributed by atoms with E-state index in [-0.39, 0.29) is 11.2 Å². The minimum Gasteiger partial charge on any atom is -0.493 e. The first-order valence-electron chi connectivity index (χ1n) is 8.87. The number of aryl methyl sites for hydroxylation is 1. The number of benzene rings is 1. The van der Waals surface area contributed by atoms with Crippen molar-refractivity contribution in [2.45, 2.75) is 32.1 Å². The number of sulfonamides is 1. The lowest BCUT2D eigenvalue weighted by Gasteiger charge is -2.42. The van der Waals surface area contributed by atoms with Crippen LogP contribution in [0.25, 0.3) is 0 Å². The van der Waals surface area contributed by atoms with Gasteiger partial charge in [0.2, 0.25) is 10.0 Å². The van der Waals surface area contributed by atoms with Gasteiger partial charge in [-0.1, -0.05) is 18.6 Å². The predicted molar refractivity (Wildman–Crippen MR) is 91.8 cm³/mol. The molecular weight excluding hydrogens is 326 g/mol. The van der Waals surface area contributed by atoms with Crippen LogP contribution in [0.5, 0.6) is 5.75 Å². The van der Waals surface area contributed by atoms with Crippen molar-refractivity contribution < 1.29 is 17.9 Å². The third kappa shape index (κ3) is 3.19. The van der Waals surface area contributed by atoms with Gasteiger partial charge < -0.3 is 9.47 Å². The van der Waals surface area contributed by atoms with Gasteiger partial charge in [0.15, 0.2) is 0 Å². The summed E-state index contributed by atoms with van der Waals surface area (Å²) in [7, 11) is -3.24. The largest absolute Gasteiger partial charge is 0.493 e. The summed E-state index contributed by atoms with van der Waals surface area (Å²) < 4.78 is 38.5. The highest BCUT2D eigenvalue weighted by Gasteiger charge is 2.42. The lowest BCUT2D eigenvalue weighted by atomic mass is 9.69. The molecule has 24 heavy (non-hydrogen) atoms. The highest BCUT2D eigenvalue weighted by molar-refractivity contribution is 7.89. The molecule has 2 aliphatic heterocycles. The average Bonchev–Trinajstić information content (AvgIpc) is 2.86. The molecule has 1 saturated carbocycles. The summed E-state index contributed by atoms with van der Waals surface area (Å²) in [5.41, 5.74) is 2.35.